The maximum Gasteiger partial charge on any atom is 0.242 e. The van der Waals surface area contributed by atoms with Gasteiger partial charge in [0, 0.05) is 47.2 Å². The highest BCUT2D eigenvalue weighted by Crippen LogP contribution is 2.30. The zero-order chi connectivity index (χ0) is 20.8. The molecule has 2 amide bonds. The number of hydrogen-bond acceptors (Lipinski definition) is 3. The molecule has 0 radical (unpaired) electrons. The number of thioether (sulfide) groups is 1. The first kappa shape index (κ1) is 22.3. The Balaban J connectivity index is 2.24. The van der Waals surface area contributed by atoms with Crippen LogP contribution in [0.1, 0.15) is 41.5 Å². The zero-order valence-corrected chi connectivity index (χ0v) is 18.8. The molecule has 154 valence electrons. The van der Waals surface area contributed by atoms with Crippen molar-refractivity contribution in [3.05, 3.63) is 30.5 Å². The summed E-state index contributed by atoms with van der Waals surface area (Å²) in [6, 6.07) is 8.41. The molecule has 0 aliphatic rings. The maximum absolute atomic E-state index is 12.9. The van der Waals surface area contributed by atoms with Crippen LogP contribution in [0.15, 0.2) is 35.4 Å². The summed E-state index contributed by atoms with van der Waals surface area (Å²) in [5.74, 6) is 0.670. The highest BCUT2D eigenvalue weighted by molar-refractivity contribution is 8.00. The molecule has 0 aliphatic heterocycles. The van der Waals surface area contributed by atoms with Crippen molar-refractivity contribution in [1.82, 2.24) is 14.4 Å². The summed E-state index contributed by atoms with van der Waals surface area (Å²) < 4.78 is 2.01. The first-order chi connectivity index (χ1) is 13.3. The van der Waals surface area contributed by atoms with Crippen molar-refractivity contribution in [2.45, 2.75) is 65.1 Å². The molecule has 2 rings (SSSR count). The Kier molecular flexibility index (Phi) is 7.98. The highest BCUT2D eigenvalue weighted by Gasteiger charge is 2.21. The summed E-state index contributed by atoms with van der Waals surface area (Å²) in [5.41, 5.74) is 1.03. The molecule has 0 bridgehead atoms. The van der Waals surface area contributed by atoms with Crippen LogP contribution in [-0.2, 0) is 16.1 Å². The predicted molar refractivity (Wildman–Crippen MR) is 118 cm³/mol. The Bertz CT molecular complexity index is 801. The number of benzene rings is 1. The van der Waals surface area contributed by atoms with E-state index in [1.165, 1.54) is 0 Å². The van der Waals surface area contributed by atoms with E-state index in [1.807, 2.05) is 80.3 Å². The van der Waals surface area contributed by atoms with Crippen LogP contribution < -0.4 is 0 Å². The number of fused-ring (bicyclic) bond motifs is 1. The van der Waals surface area contributed by atoms with Crippen molar-refractivity contribution in [3.63, 3.8) is 0 Å². The minimum absolute atomic E-state index is 0.113. The van der Waals surface area contributed by atoms with Gasteiger partial charge in [-0.1, -0.05) is 18.2 Å². The van der Waals surface area contributed by atoms with Crippen molar-refractivity contribution < 1.29 is 9.59 Å². The number of carbonyl (C=O) groups excluding carboxylic acids is 2. The highest BCUT2D eigenvalue weighted by atomic mass is 32.2. The first-order valence-corrected chi connectivity index (χ1v) is 11.1. The SMILES string of the molecule is CCN(CC)C(=O)CSc1cn(CC(=O)N(C(C)C)C(C)C)c2ccccc12. The lowest BCUT2D eigenvalue weighted by molar-refractivity contribution is -0.135. The zero-order valence-electron chi connectivity index (χ0n) is 17.9. The third-order valence-corrected chi connectivity index (χ3v) is 5.95. The van der Waals surface area contributed by atoms with Crippen molar-refractivity contribution in [2.75, 3.05) is 18.8 Å². The molecule has 28 heavy (non-hydrogen) atoms. The normalized spacial score (nSPS) is 11.4. The Labute approximate surface area is 173 Å². The molecule has 5 nitrogen and oxygen atoms in total. The van der Waals surface area contributed by atoms with Gasteiger partial charge in [-0.15, -0.1) is 11.8 Å². The average Bonchev–Trinajstić information content (AvgIpc) is 2.98. The molecule has 2 aromatic rings. The number of rotatable bonds is 9. The Hall–Kier alpha value is -1.95. The van der Waals surface area contributed by atoms with Crippen LogP contribution in [0.25, 0.3) is 10.9 Å². The minimum atomic E-state index is 0.113. The summed E-state index contributed by atoms with van der Waals surface area (Å²) in [7, 11) is 0. The maximum atomic E-state index is 12.9. The van der Waals surface area contributed by atoms with Gasteiger partial charge in [0.05, 0.1) is 5.75 Å². The Morgan fingerprint density at radius 1 is 1.00 bits per heavy atom. The second-order valence-electron chi connectivity index (χ2n) is 7.48. The van der Waals surface area contributed by atoms with E-state index in [0.29, 0.717) is 12.3 Å². The van der Waals surface area contributed by atoms with Gasteiger partial charge >= 0.3 is 0 Å². The van der Waals surface area contributed by atoms with E-state index in [-0.39, 0.29) is 23.9 Å². The summed E-state index contributed by atoms with van der Waals surface area (Å²) in [6.07, 6.45) is 2.02. The van der Waals surface area contributed by atoms with Gasteiger partial charge in [0.25, 0.3) is 0 Å². The third kappa shape index (κ3) is 5.10. The van der Waals surface area contributed by atoms with E-state index in [1.54, 1.807) is 11.8 Å². The summed E-state index contributed by atoms with van der Waals surface area (Å²) in [5, 5.41) is 1.09. The number of hydrogen-bond donors (Lipinski definition) is 0. The largest absolute Gasteiger partial charge is 0.343 e. The van der Waals surface area contributed by atoms with E-state index in [0.717, 1.165) is 28.9 Å². The molecule has 0 atom stereocenters. The van der Waals surface area contributed by atoms with Crippen LogP contribution in [-0.4, -0.2) is 57.1 Å². The predicted octanol–water partition coefficient (Wildman–Crippen LogP) is 4.25. The van der Waals surface area contributed by atoms with Crippen LogP contribution in [0.2, 0.25) is 0 Å². The Morgan fingerprint density at radius 3 is 2.18 bits per heavy atom. The number of amides is 2. The molecule has 0 saturated carbocycles. The second-order valence-corrected chi connectivity index (χ2v) is 8.50. The van der Waals surface area contributed by atoms with E-state index >= 15 is 0 Å². The fourth-order valence-corrected chi connectivity index (χ4v) is 4.66. The first-order valence-electron chi connectivity index (χ1n) is 10.1. The fourth-order valence-electron chi connectivity index (χ4n) is 3.67. The molecule has 0 N–H and O–H groups in total. The number of para-hydroxylation sites is 1. The lowest BCUT2D eigenvalue weighted by atomic mass is 10.2. The van der Waals surface area contributed by atoms with Crippen molar-refractivity contribution in [2.24, 2.45) is 0 Å². The summed E-state index contributed by atoms with van der Waals surface area (Å²) in [6.45, 7) is 14.0. The molecular weight excluding hydrogens is 370 g/mol. The van der Waals surface area contributed by atoms with Gasteiger partial charge in [-0.05, 0) is 47.6 Å². The number of nitrogens with zero attached hydrogens (tertiary/aromatic N) is 3. The fraction of sp³-hybridized carbons (Fsp3) is 0.545. The van der Waals surface area contributed by atoms with E-state index in [4.69, 9.17) is 0 Å². The number of aromatic nitrogens is 1. The molecule has 1 aromatic carbocycles. The molecule has 0 fully saturated rings. The van der Waals surface area contributed by atoms with Crippen LogP contribution in [0.3, 0.4) is 0 Å². The van der Waals surface area contributed by atoms with E-state index < -0.39 is 0 Å². The minimum Gasteiger partial charge on any atom is -0.343 e. The average molecular weight is 404 g/mol. The molecule has 1 heterocycles. The lowest BCUT2D eigenvalue weighted by Gasteiger charge is -2.31. The van der Waals surface area contributed by atoms with Gasteiger partial charge in [0.15, 0.2) is 0 Å². The third-order valence-electron chi connectivity index (χ3n) is 4.93. The van der Waals surface area contributed by atoms with Crippen LogP contribution in [0, 0.1) is 0 Å². The molecule has 1 aromatic heterocycles. The molecule has 0 unspecified atom stereocenters. The monoisotopic (exact) mass is 403 g/mol. The van der Waals surface area contributed by atoms with E-state index in [9.17, 15) is 9.59 Å². The van der Waals surface area contributed by atoms with Crippen molar-refractivity contribution >= 4 is 34.5 Å². The molecule has 6 heteroatoms. The molecular formula is C22H33N3O2S. The van der Waals surface area contributed by atoms with Crippen LogP contribution in [0.5, 0.6) is 0 Å². The van der Waals surface area contributed by atoms with Gasteiger partial charge < -0.3 is 14.4 Å². The molecule has 0 spiro atoms. The Morgan fingerprint density at radius 2 is 1.61 bits per heavy atom. The molecule has 0 saturated heterocycles. The van der Waals surface area contributed by atoms with Crippen LogP contribution in [0.4, 0.5) is 0 Å². The van der Waals surface area contributed by atoms with Gasteiger partial charge in [-0.3, -0.25) is 9.59 Å². The van der Waals surface area contributed by atoms with Crippen LogP contribution >= 0.6 is 11.8 Å². The van der Waals surface area contributed by atoms with Gasteiger partial charge in [0.2, 0.25) is 11.8 Å². The lowest BCUT2D eigenvalue weighted by Crippen LogP contribution is -2.43. The quantitative estimate of drug-likeness (QED) is 0.588. The van der Waals surface area contributed by atoms with Crippen molar-refractivity contribution in [1.29, 1.82) is 0 Å². The van der Waals surface area contributed by atoms with Gasteiger partial charge in [0.1, 0.15) is 6.54 Å². The summed E-state index contributed by atoms with van der Waals surface area (Å²) in [4.78, 5) is 30.1. The number of carbonyl (C=O) groups is 2. The van der Waals surface area contributed by atoms with Crippen molar-refractivity contribution in [3.8, 4) is 0 Å². The standard InChI is InChI=1S/C22H33N3O2S/c1-7-23(8-2)22(27)15-28-20-13-24(19-12-10-9-11-18(19)20)14-21(26)25(16(3)4)17(5)6/h9-13,16-17H,7-8,14-15H2,1-6H3. The summed E-state index contributed by atoms with van der Waals surface area (Å²) >= 11 is 1.55. The second kappa shape index (κ2) is 10.0. The smallest absolute Gasteiger partial charge is 0.242 e. The van der Waals surface area contributed by atoms with E-state index in [2.05, 4.69) is 6.07 Å². The molecule has 0 aliphatic carbocycles. The van der Waals surface area contributed by atoms with Gasteiger partial charge in [-0.25, -0.2) is 0 Å². The topological polar surface area (TPSA) is 45.6 Å². The van der Waals surface area contributed by atoms with Gasteiger partial charge in [-0.2, -0.15) is 0 Å².